The molecule has 0 aliphatic heterocycles. The number of benzene rings is 1. The first-order valence-electron chi connectivity index (χ1n) is 7.38. The summed E-state index contributed by atoms with van der Waals surface area (Å²) in [5.74, 6) is 0. The average molecular weight is 364 g/mol. The highest BCUT2D eigenvalue weighted by molar-refractivity contribution is 7.89. The van der Waals surface area contributed by atoms with Crippen molar-refractivity contribution in [2.75, 3.05) is 0 Å². The standard InChI is InChI=1S/C14H21N3O4S.ClH/c1-2-10-3-8-13(17(18)19)9-14(10)22(20,21)16-12-6-4-11(15)5-7-12;/h3,8-9,11-12,16H,2,4-7,15H2,1H3;1H. The fourth-order valence-electron chi connectivity index (χ4n) is 2.72. The highest BCUT2D eigenvalue weighted by Crippen LogP contribution is 2.25. The van der Waals surface area contributed by atoms with E-state index in [4.69, 9.17) is 5.73 Å². The molecule has 2 rings (SSSR count). The predicted octanol–water partition coefficient (Wildman–Crippen LogP) is 2.13. The number of sulfonamides is 1. The molecule has 130 valence electrons. The Hall–Kier alpha value is -1.22. The second-order valence-corrected chi connectivity index (χ2v) is 7.32. The third-order valence-electron chi connectivity index (χ3n) is 4.03. The van der Waals surface area contributed by atoms with Crippen LogP contribution in [-0.4, -0.2) is 25.4 Å². The molecule has 0 radical (unpaired) electrons. The van der Waals surface area contributed by atoms with Crippen molar-refractivity contribution in [2.45, 2.75) is 56.0 Å². The fourth-order valence-corrected chi connectivity index (χ4v) is 4.35. The Labute approximate surface area is 142 Å². The lowest BCUT2D eigenvalue weighted by Gasteiger charge is -2.26. The molecule has 0 spiro atoms. The monoisotopic (exact) mass is 363 g/mol. The van der Waals surface area contributed by atoms with Crippen LogP contribution in [0.3, 0.4) is 0 Å². The minimum absolute atomic E-state index is 0. The van der Waals surface area contributed by atoms with Gasteiger partial charge < -0.3 is 5.73 Å². The summed E-state index contributed by atoms with van der Waals surface area (Å²) >= 11 is 0. The van der Waals surface area contributed by atoms with Gasteiger partial charge in [0.05, 0.1) is 9.82 Å². The molecule has 3 N–H and O–H groups in total. The lowest BCUT2D eigenvalue weighted by Crippen LogP contribution is -2.40. The summed E-state index contributed by atoms with van der Waals surface area (Å²) in [6.07, 6.45) is 3.43. The van der Waals surface area contributed by atoms with Crippen LogP contribution in [0.25, 0.3) is 0 Å². The zero-order valence-corrected chi connectivity index (χ0v) is 14.5. The minimum Gasteiger partial charge on any atom is -0.328 e. The van der Waals surface area contributed by atoms with E-state index in [1.54, 1.807) is 0 Å². The molecule has 0 saturated heterocycles. The summed E-state index contributed by atoms with van der Waals surface area (Å²) in [6, 6.07) is 3.94. The smallest absolute Gasteiger partial charge is 0.270 e. The summed E-state index contributed by atoms with van der Waals surface area (Å²) in [5, 5.41) is 10.9. The maximum Gasteiger partial charge on any atom is 0.270 e. The van der Waals surface area contributed by atoms with E-state index in [0.29, 0.717) is 24.8 Å². The number of nitrogens with zero attached hydrogens (tertiary/aromatic N) is 1. The van der Waals surface area contributed by atoms with E-state index in [-0.39, 0.29) is 35.1 Å². The van der Waals surface area contributed by atoms with Crippen molar-refractivity contribution >= 4 is 28.1 Å². The van der Waals surface area contributed by atoms with Crippen LogP contribution in [-0.2, 0) is 16.4 Å². The largest absolute Gasteiger partial charge is 0.328 e. The van der Waals surface area contributed by atoms with Crippen molar-refractivity contribution in [2.24, 2.45) is 5.73 Å². The number of aryl methyl sites for hydroxylation is 1. The Kier molecular flexibility index (Phi) is 6.94. The Morgan fingerprint density at radius 2 is 1.91 bits per heavy atom. The average Bonchev–Trinajstić information content (AvgIpc) is 2.48. The summed E-state index contributed by atoms with van der Waals surface area (Å²) in [7, 11) is -3.77. The SMILES string of the molecule is CCc1ccc([N+](=O)[O-])cc1S(=O)(=O)NC1CCC(N)CC1.Cl. The number of hydrogen-bond donors (Lipinski definition) is 2. The first-order valence-corrected chi connectivity index (χ1v) is 8.87. The van der Waals surface area contributed by atoms with Crippen LogP contribution in [0.4, 0.5) is 5.69 Å². The van der Waals surface area contributed by atoms with Crippen LogP contribution in [0.2, 0.25) is 0 Å². The van der Waals surface area contributed by atoms with Crippen LogP contribution >= 0.6 is 12.4 Å². The van der Waals surface area contributed by atoms with E-state index < -0.39 is 14.9 Å². The number of halogens is 1. The molecule has 0 unspecified atom stereocenters. The molecule has 23 heavy (non-hydrogen) atoms. The molecule has 0 atom stereocenters. The van der Waals surface area contributed by atoms with E-state index in [1.807, 2.05) is 6.92 Å². The van der Waals surface area contributed by atoms with Crippen LogP contribution in [0.5, 0.6) is 0 Å². The highest BCUT2D eigenvalue weighted by atomic mass is 35.5. The van der Waals surface area contributed by atoms with Crippen molar-refractivity contribution in [3.8, 4) is 0 Å². The van der Waals surface area contributed by atoms with Crippen molar-refractivity contribution in [3.63, 3.8) is 0 Å². The quantitative estimate of drug-likeness (QED) is 0.614. The van der Waals surface area contributed by atoms with E-state index in [9.17, 15) is 18.5 Å². The lowest BCUT2D eigenvalue weighted by molar-refractivity contribution is -0.385. The molecule has 7 nitrogen and oxygen atoms in total. The molecule has 1 aromatic carbocycles. The molecular formula is C14H22ClN3O4S. The molecule has 1 aromatic rings. The van der Waals surface area contributed by atoms with Gasteiger partial charge in [0, 0.05) is 24.2 Å². The van der Waals surface area contributed by atoms with Crippen molar-refractivity contribution in [1.29, 1.82) is 0 Å². The van der Waals surface area contributed by atoms with Gasteiger partial charge in [0.15, 0.2) is 0 Å². The number of nitro benzene ring substituents is 1. The summed E-state index contributed by atoms with van der Waals surface area (Å²) < 4.78 is 27.8. The van der Waals surface area contributed by atoms with Crippen molar-refractivity contribution in [1.82, 2.24) is 4.72 Å². The van der Waals surface area contributed by atoms with Gasteiger partial charge in [-0.25, -0.2) is 13.1 Å². The Morgan fingerprint density at radius 1 is 1.30 bits per heavy atom. The topological polar surface area (TPSA) is 115 Å². The summed E-state index contributed by atoms with van der Waals surface area (Å²) in [5.41, 5.74) is 6.17. The van der Waals surface area contributed by atoms with Gasteiger partial charge in [0.2, 0.25) is 10.0 Å². The van der Waals surface area contributed by atoms with Gasteiger partial charge in [-0.15, -0.1) is 12.4 Å². The summed E-state index contributed by atoms with van der Waals surface area (Å²) in [6.45, 7) is 1.82. The third-order valence-corrected chi connectivity index (χ3v) is 5.63. The molecule has 1 fully saturated rings. The highest BCUT2D eigenvalue weighted by Gasteiger charge is 2.27. The van der Waals surface area contributed by atoms with Gasteiger partial charge in [-0.2, -0.15) is 0 Å². The molecule has 1 aliphatic carbocycles. The maximum absolute atomic E-state index is 12.6. The maximum atomic E-state index is 12.6. The Morgan fingerprint density at radius 3 is 2.43 bits per heavy atom. The van der Waals surface area contributed by atoms with Crippen molar-refractivity contribution < 1.29 is 13.3 Å². The van der Waals surface area contributed by atoms with Gasteiger partial charge in [-0.3, -0.25) is 10.1 Å². The van der Waals surface area contributed by atoms with E-state index in [1.165, 1.54) is 12.1 Å². The molecule has 0 heterocycles. The van der Waals surface area contributed by atoms with Crippen LogP contribution in [0, 0.1) is 10.1 Å². The number of hydrogen-bond acceptors (Lipinski definition) is 5. The predicted molar refractivity (Wildman–Crippen MR) is 90.3 cm³/mol. The minimum atomic E-state index is -3.77. The van der Waals surface area contributed by atoms with E-state index in [2.05, 4.69) is 4.72 Å². The zero-order valence-electron chi connectivity index (χ0n) is 12.9. The van der Waals surface area contributed by atoms with Gasteiger partial charge in [-0.05, 0) is 37.7 Å². The first-order chi connectivity index (χ1) is 10.3. The molecule has 1 aliphatic rings. The van der Waals surface area contributed by atoms with Gasteiger partial charge >= 0.3 is 0 Å². The number of nitro groups is 1. The first kappa shape index (κ1) is 19.8. The van der Waals surface area contributed by atoms with Gasteiger partial charge in [0.25, 0.3) is 5.69 Å². The van der Waals surface area contributed by atoms with Gasteiger partial charge in [-0.1, -0.05) is 13.0 Å². The van der Waals surface area contributed by atoms with Crippen LogP contribution < -0.4 is 10.5 Å². The lowest BCUT2D eigenvalue weighted by atomic mass is 9.93. The molecular weight excluding hydrogens is 342 g/mol. The number of nitrogens with one attached hydrogen (secondary N) is 1. The van der Waals surface area contributed by atoms with Crippen LogP contribution in [0.1, 0.15) is 38.2 Å². The second-order valence-electron chi connectivity index (χ2n) is 5.64. The molecule has 9 heteroatoms. The summed E-state index contributed by atoms with van der Waals surface area (Å²) in [4.78, 5) is 10.3. The number of non-ortho nitro benzene ring substituents is 1. The molecule has 0 aromatic heterocycles. The van der Waals surface area contributed by atoms with Crippen LogP contribution in [0.15, 0.2) is 23.1 Å². The normalized spacial score (nSPS) is 21.5. The Balaban J connectivity index is 0.00000264. The Bertz CT molecular complexity index is 658. The molecule has 0 amide bonds. The van der Waals surface area contributed by atoms with E-state index in [0.717, 1.165) is 18.9 Å². The number of nitrogens with two attached hydrogens (primary N) is 1. The van der Waals surface area contributed by atoms with Gasteiger partial charge in [0.1, 0.15) is 0 Å². The molecule has 0 bridgehead atoms. The van der Waals surface area contributed by atoms with Crippen molar-refractivity contribution in [3.05, 3.63) is 33.9 Å². The number of rotatable bonds is 5. The molecule has 1 saturated carbocycles. The fraction of sp³-hybridized carbons (Fsp3) is 0.571. The third kappa shape index (κ3) is 4.87. The zero-order chi connectivity index (χ0) is 16.3. The second kappa shape index (κ2) is 8.05. The van der Waals surface area contributed by atoms with E-state index >= 15 is 0 Å².